The highest BCUT2D eigenvalue weighted by Crippen LogP contribution is 2.27. The molecule has 0 unspecified atom stereocenters. The number of imidazole rings is 1. The van der Waals surface area contributed by atoms with Crippen LogP contribution in [0, 0.1) is 0 Å². The predicted molar refractivity (Wildman–Crippen MR) is 73.2 cm³/mol. The Kier molecular flexibility index (Phi) is 1.65. The van der Waals surface area contributed by atoms with Crippen LogP contribution in [0.5, 0.6) is 0 Å². The summed E-state index contributed by atoms with van der Waals surface area (Å²) in [7, 11) is 0. The summed E-state index contributed by atoms with van der Waals surface area (Å²) in [5.41, 5.74) is 3.28. The van der Waals surface area contributed by atoms with Gasteiger partial charge in [0.1, 0.15) is 0 Å². The van der Waals surface area contributed by atoms with Gasteiger partial charge < -0.3 is 4.42 Å². The minimum Gasteiger partial charge on any atom is -0.423 e. The molecule has 1 aromatic carbocycles. The number of oxazole rings is 1. The topological polar surface area (TPSA) is 30.4 Å². The van der Waals surface area contributed by atoms with Crippen molar-refractivity contribution in [3.63, 3.8) is 0 Å². The van der Waals surface area contributed by atoms with Crippen molar-refractivity contribution in [1.82, 2.24) is 9.38 Å². The van der Waals surface area contributed by atoms with Gasteiger partial charge in [-0.25, -0.2) is 0 Å². The normalized spacial score (nSPS) is 14.2. The summed E-state index contributed by atoms with van der Waals surface area (Å²) in [6, 6.07) is 8.12. The Morgan fingerprint density at radius 3 is 3.19 bits per heavy atom. The van der Waals surface area contributed by atoms with Crippen LogP contribution < -0.4 is 0 Å². The van der Waals surface area contributed by atoms with E-state index in [4.69, 9.17) is 4.42 Å². The Morgan fingerprint density at radius 2 is 2.19 bits per heavy atom. The molecular formula is C12H7IN2O. The van der Waals surface area contributed by atoms with Crippen molar-refractivity contribution < 1.29 is 4.42 Å². The van der Waals surface area contributed by atoms with Gasteiger partial charge in [-0.2, -0.15) is 4.98 Å². The highest BCUT2D eigenvalue weighted by Gasteiger charge is 2.15. The fraction of sp³-hybridized carbons (Fsp3) is 0. The molecule has 0 atom stereocenters. The molecule has 4 heteroatoms. The van der Waals surface area contributed by atoms with Gasteiger partial charge in [-0.15, -0.1) is 0 Å². The van der Waals surface area contributed by atoms with Crippen molar-refractivity contribution in [2.75, 3.05) is 0 Å². The summed E-state index contributed by atoms with van der Waals surface area (Å²) < 4.78 is 12.3. The molecule has 4 rings (SSSR count). The molecule has 0 saturated heterocycles. The van der Waals surface area contributed by atoms with Crippen LogP contribution in [0.15, 0.2) is 32.8 Å². The average Bonchev–Trinajstić information content (AvgIpc) is 2.83. The third kappa shape index (κ3) is 1.02. The van der Waals surface area contributed by atoms with Crippen LogP contribution in [0.1, 0.15) is 11.5 Å². The van der Waals surface area contributed by atoms with E-state index in [2.05, 4.69) is 29.6 Å². The fourth-order valence-corrected chi connectivity index (χ4v) is 3.65. The maximum absolute atomic E-state index is 5.73. The van der Waals surface area contributed by atoms with Crippen molar-refractivity contribution in [2.45, 2.75) is 0 Å². The van der Waals surface area contributed by atoms with Crippen LogP contribution in [0.4, 0.5) is 0 Å². The lowest BCUT2D eigenvalue weighted by atomic mass is 10.3. The molecule has 78 valence electrons. The second kappa shape index (κ2) is 3.04. The maximum Gasteiger partial charge on any atom is 0.307 e. The zero-order valence-corrected chi connectivity index (χ0v) is 10.4. The van der Waals surface area contributed by atoms with Crippen LogP contribution in [0.2, 0.25) is 0 Å². The van der Waals surface area contributed by atoms with Gasteiger partial charge in [-0.05, 0) is 26.3 Å². The van der Waals surface area contributed by atoms with Gasteiger partial charge in [0.05, 0.1) is 16.7 Å². The molecule has 0 amide bonds. The lowest BCUT2D eigenvalue weighted by molar-refractivity contribution is 0.586. The highest BCUT2D eigenvalue weighted by molar-refractivity contribution is 14.2. The lowest BCUT2D eigenvalue weighted by Gasteiger charge is -1.96. The number of aromatic nitrogens is 2. The standard InChI is InChI=1S/C12H7IN2O/c1-2-4-9-8(3-1)14-12-15(9)10-7-13-6-5-11(10)16-12/h1-7H. The molecule has 3 heterocycles. The number of halogens is 1. The molecule has 0 fully saturated rings. The minimum absolute atomic E-state index is 0.0254. The van der Waals surface area contributed by atoms with Crippen LogP contribution >= 0.6 is 20.7 Å². The molecule has 0 saturated carbocycles. The Morgan fingerprint density at radius 1 is 1.25 bits per heavy atom. The number of fused-ring (bicyclic) bond motifs is 5. The zero-order chi connectivity index (χ0) is 10.5. The fourth-order valence-electron chi connectivity index (χ4n) is 1.98. The van der Waals surface area contributed by atoms with E-state index in [0.29, 0.717) is 5.84 Å². The van der Waals surface area contributed by atoms with Crippen LogP contribution in [0.25, 0.3) is 23.0 Å². The molecule has 0 spiro atoms. The number of hydrogen-bond donors (Lipinski definition) is 0. The number of para-hydroxylation sites is 2. The molecule has 0 N–H and O–H groups in total. The average molecular weight is 322 g/mol. The van der Waals surface area contributed by atoms with Crippen molar-refractivity contribution in [2.24, 2.45) is 0 Å². The summed E-state index contributed by atoms with van der Waals surface area (Å²) in [4.78, 5) is 4.47. The van der Waals surface area contributed by atoms with Gasteiger partial charge in [0, 0.05) is 0 Å². The van der Waals surface area contributed by atoms with Gasteiger partial charge in [0.25, 0.3) is 0 Å². The summed E-state index contributed by atoms with van der Waals surface area (Å²) in [6.45, 7) is 0. The Balaban J connectivity index is 2.28. The Labute approximate surface area is 101 Å². The number of hydrogen-bond acceptors (Lipinski definition) is 2. The molecule has 0 bridgehead atoms. The summed E-state index contributed by atoms with van der Waals surface area (Å²) >= 11 is 0.0254. The van der Waals surface area contributed by atoms with Gasteiger partial charge in [-0.3, -0.25) is 4.40 Å². The first-order valence-electron chi connectivity index (χ1n) is 4.95. The monoisotopic (exact) mass is 322 g/mol. The first-order chi connectivity index (χ1) is 7.93. The van der Waals surface area contributed by atoms with Gasteiger partial charge in [0.15, 0.2) is 5.76 Å². The largest absolute Gasteiger partial charge is 0.423 e. The van der Waals surface area contributed by atoms with E-state index in [1.165, 1.54) is 5.69 Å². The summed E-state index contributed by atoms with van der Waals surface area (Å²) in [5.74, 6) is 1.62. The second-order valence-electron chi connectivity index (χ2n) is 3.60. The second-order valence-corrected chi connectivity index (χ2v) is 5.66. The van der Waals surface area contributed by atoms with E-state index in [1.807, 2.05) is 18.2 Å². The van der Waals surface area contributed by atoms with Crippen molar-refractivity contribution in [1.29, 1.82) is 0 Å². The SMILES string of the molecule is C1=Cc2oc3nc4ccccc4n3c2C=I1. The predicted octanol–water partition coefficient (Wildman–Crippen LogP) is 3.19. The van der Waals surface area contributed by atoms with E-state index in [-0.39, 0.29) is 20.7 Å². The van der Waals surface area contributed by atoms with E-state index < -0.39 is 0 Å². The van der Waals surface area contributed by atoms with Gasteiger partial charge >= 0.3 is 5.84 Å². The van der Waals surface area contributed by atoms with Crippen molar-refractivity contribution in [3.05, 3.63) is 39.8 Å². The third-order valence-corrected chi connectivity index (χ3v) is 4.40. The van der Waals surface area contributed by atoms with Crippen LogP contribution in [-0.2, 0) is 0 Å². The van der Waals surface area contributed by atoms with E-state index in [0.717, 1.165) is 16.8 Å². The van der Waals surface area contributed by atoms with Gasteiger partial charge in [0.2, 0.25) is 0 Å². The number of nitrogens with zero attached hydrogens (tertiary/aromatic N) is 2. The summed E-state index contributed by atoms with van der Waals surface area (Å²) in [6.07, 6.45) is 2.06. The zero-order valence-electron chi connectivity index (χ0n) is 8.22. The minimum atomic E-state index is 0.0254. The van der Waals surface area contributed by atoms with Crippen LogP contribution in [-0.4, -0.2) is 13.4 Å². The third-order valence-electron chi connectivity index (χ3n) is 2.68. The number of rotatable bonds is 0. The first kappa shape index (κ1) is 8.69. The molecule has 3 nitrogen and oxygen atoms in total. The molecule has 2 aromatic heterocycles. The van der Waals surface area contributed by atoms with E-state index in [9.17, 15) is 0 Å². The van der Waals surface area contributed by atoms with Crippen LogP contribution in [0.3, 0.4) is 0 Å². The highest BCUT2D eigenvalue weighted by atomic mass is 127. The molecular weight excluding hydrogens is 315 g/mol. The molecule has 1 aliphatic rings. The number of benzene rings is 1. The van der Waals surface area contributed by atoms with Crippen molar-refractivity contribution >= 4 is 47.7 Å². The maximum atomic E-state index is 5.73. The molecule has 16 heavy (non-hydrogen) atoms. The Bertz CT molecular complexity index is 764. The molecule has 3 aromatic rings. The smallest absolute Gasteiger partial charge is 0.307 e. The van der Waals surface area contributed by atoms with E-state index in [1.54, 1.807) is 0 Å². The molecule has 1 aliphatic heterocycles. The molecule has 0 aliphatic carbocycles. The quantitative estimate of drug-likeness (QED) is 0.595. The molecule has 0 radical (unpaired) electrons. The summed E-state index contributed by atoms with van der Waals surface area (Å²) in [5, 5.41) is 0. The van der Waals surface area contributed by atoms with Gasteiger partial charge in [-0.1, -0.05) is 32.9 Å². The lowest BCUT2D eigenvalue weighted by Crippen LogP contribution is -1.91. The van der Waals surface area contributed by atoms with Crippen molar-refractivity contribution in [3.8, 4) is 0 Å². The Hall–Kier alpha value is -1.43. The van der Waals surface area contributed by atoms with E-state index >= 15 is 0 Å². The first-order valence-corrected chi connectivity index (χ1v) is 7.44.